The Kier molecular flexibility index (Phi) is 6.06. The van der Waals surface area contributed by atoms with Gasteiger partial charge in [-0.25, -0.2) is 4.79 Å². The summed E-state index contributed by atoms with van der Waals surface area (Å²) < 4.78 is 5.35. The molecule has 0 bridgehead atoms. The van der Waals surface area contributed by atoms with Crippen LogP contribution in [0.3, 0.4) is 0 Å². The molecule has 0 fully saturated rings. The lowest BCUT2D eigenvalue weighted by molar-refractivity contribution is 0.0228. The van der Waals surface area contributed by atoms with Gasteiger partial charge in [0, 0.05) is 13.1 Å². The Morgan fingerprint density at radius 2 is 1.95 bits per heavy atom. The van der Waals surface area contributed by atoms with Crippen molar-refractivity contribution in [2.24, 2.45) is 0 Å². The van der Waals surface area contributed by atoms with Crippen LogP contribution < -0.4 is 0 Å². The van der Waals surface area contributed by atoms with E-state index in [2.05, 4.69) is 0 Å². The maximum Gasteiger partial charge on any atom is 0.410 e. The number of aryl methyl sites for hydroxylation is 1. The average molecular weight is 293 g/mol. The van der Waals surface area contributed by atoms with Crippen molar-refractivity contribution in [1.82, 2.24) is 4.90 Å². The molecule has 1 atom stereocenters. The summed E-state index contributed by atoms with van der Waals surface area (Å²) in [4.78, 5) is 13.6. The predicted molar refractivity (Wildman–Crippen MR) is 84.5 cm³/mol. The summed E-state index contributed by atoms with van der Waals surface area (Å²) in [6.45, 7) is 7.60. The molecular formula is C17H27NO3. The second-order valence-electron chi connectivity index (χ2n) is 6.46. The van der Waals surface area contributed by atoms with E-state index in [1.54, 1.807) is 18.0 Å². The molecular weight excluding hydrogens is 266 g/mol. The Bertz CT molecular complexity index is 465. The van der Waals surface area contributed by atoms with Gasteiger partial charge < -0.3 is 14.7 Å². The number of rotatable bonds is 5. The van der Waals surface area contributed by atoms with Gasteiger partial charge in [0.25, 0.3) is 0 Å². The first kappa shape index (κ1) is 17.3. The van der Waals surface area contributed by atoms with Crippen LogP contribution in [0.5, 0.6) is 5.75 Å². The number of hydrogen-bond acceptors (Lipinski definition) is 3. The number of para-hydroxylation sites is 1. The van der Waals surface area contributed by atoms with Crippen LogP contribution in [0.1, 0.15) is 46.1 Å². The van der Waals surface area contributed by atoms with E-state index in [4.69, 9.17) is 4.74 Å². The van der Waals surface area contributed by atoms with E-state index in [1.165, 1.54) is 0 Å². The lowest BCUT2D eigenvalue weighted by atomic mass is 10.0. The lowest BCUT2D eigenvalue weighted by Crippen LogP contribution is -2.39. The fraction of sp³-hybridized carbons (Fsp3) is 0.588. The van der Waals surface area contributed by atoms with Gasteiger partial charge in [0.15, 0.2) is 0 Å². The Labute approximate surface area is 127 Å². The smallest absolute Gasteiger partial charge is 0.410 e. The number of ether oxygens (including phenoxy) is 1. The van der Waals surface area contributed by atoms with Gasteiger partial charge in [0.2, 0.25) is 0 Å². The highest BCUT2D eigenvalue weighted by molar-refractivity contribution is 5.68. The summed E-state index contributed by atoms with van der Waals surface area (Å²) in [6, 6.07) is 7.47. The summed E-state index contributed by atoms with van der Waals surface area (Å²) in [5.41, 5.74) is 0.477. The maximum absolute atomic E-state index is 12.0. The molecule has 0 saturated heterocycles. The number of amides is 1. The molecule has 0 spiro atoms. The second-order valence-corrected chi connectivity index (χ2v) is 6.46. The largest absolute Gasteiger partial charge is 0.508 e. The number of phenols is 1. The summed E-state index contributed by atoms with van der Waals surface area (Å²) in [7, 11) is 1.76. The summed E-state index contributed by atoms with van der Waals surface area (Å²) >= 11 is 0. The molecule has 1 aromatic carbocycles. The number of phenolic OH excluding ortho intramolecular Hbond substituents is 1. The van der Waals surface area contributed by atoms with Crippen LogP contribution in [0.25, 0.3) is 0 Å². The van der Waals surface area contributed by atoms with Gasteiger partial charge >= 0.3 is 6.09 Å². The number of hydrogen-bond donors (Lipinski definition) is 1. The van der Waals surface area contributed by atoms with Crippen LogP contribution in [-0.2, 0) is 11.2 Å². The average Bonchev–Trinajstić information content (AvgIpc) is 2.38. The van der Waals surface area contributed by atoms with Crippen molar-refractivity contribution in [3.8, 4) is 5.75 Å². The number of benzene rings is 1. The molecule has 0 radical (unpaired) electrons. The van der Waals surface area contributed by atoms with Crippen LogP contribution in [0.4, 0.5) is 4.79 Å². The minimum atomic E-state index is -0.471. The van der Waals surface area contributed by atoms with Gasteiger partial charge in [-0.1, -0.05) is 18.2 Å². The van der Waals surface area contributed by atoms with Gasteiger partial charge in [0.1, 0.15) is 11.4 Å². The van der Waals surface area contributed by atoms with Gasteiger partial charge in [-0.05, 0) is 58.6 Å². The molecule has 0 aliphatic rings. The minimum absolute atomic E-state index is 0.103. The Hall–Kier alpha value is -1.71. The van der Waals surface area contributed by atoms with Crippen molar-refractivity contribution >= 4 is 6.09 Å². The van der Waals surface area contributed by atoms with Crippen LogP contribution >= 0.6 is 0 Å². The van der Waals surface area contributed by atoms with Gasteiger partial charge in [0.05, 0.1) is 0 Å². The first-order valence-electron chi connectivity index (χ1n) is 7.43. The molecule has 0 heterocycles. The fourth-order valence-electron chi connectivity index (χ4n) is 2.02. The van der Waals surface area contributed by atoms with Crippen molar-refractivity contribution in [2.75, 3.05) is 7.05 Å². The molecule has 0 saturated carbocycles. The lowest BCUT2D eigenvalue weighted by Gasteiger charge is -2.28. The zero-order chi connectivity index (χ0) is 16.0. The van der Waals surface area contributed by atoms with Crippen LogP contribution in [-0.4, -0.2) is 34.8 Å². The molecule has 1 N–H and O–H groups in total. The van der Waals surface area contributed by atoms with Crippen molar-refractivity contribution in [2.45, 2.75) is 58.6 Å². The second kappa shape index (κ2) is 7.34. The maximum atomic E-state index is 12.0. The van der Waals surface area contributed by atoms with Crippen molar-refractivity contribution in [3.05, 3.63) is 29.8 Å². The molecule has 4 nitrogen and oxygen atoms in total. The summed E-state index contributed by atoms with van der Waals surface area (Å²) in [5.74, 6) is 0.339. The van der Waals surface area contributed by atoms with Gasteiger partial charge in [-0.2, -0.15) is 0 Å². The standard InChI is InChI=1S/C17H27NO3/c1-13(18(5)16(20)21-17(2,3)4)9-8-11-14-10-6-7-12-15(14)19/h6-7,10,12-13,19H,8-9,11H2,1-5H3. The third-order valence-electron chi connectivity index (χ3n) is 3.40. The molecule has 1 aromatic rings. The zero-order valence-corrected chi connectivity index (χ0v) is 13.7. The SMILES string of the molecule is CC(CCCc1ccccc1O)N(C)C(=O)OC(C)(C)C. The summed E-state index contributed by atoms with van der Waals surface area (Å²) in [5, 5.41) is 9.72. The quantitative estimate of drug-likeness (QED) is 0.893. The molecule has 21 heavy (non-hydrogen) atoms. The Balaban J connectivity index is 2.41. The van der Waals surface area contributed by atoms with E-state index in [-0.39, 0.29) is 12.1 Å². The molecule has 0 aliphatic heterocycles. The molecule has 0 aliphatic carbocycles. The highest BCUT2D eigenvalue weighted by Crippen LogP contribution is 2.19. The highest BCUT2D eigenvalue weighted by atomic mass is 16.6. The van der Waals surface area contributed by atoms with Crippen molar-refractivity contribution < 1.29 is 14.6 Å². The zero-order valence-electron chi connectivity index (χ0n) is 13.7. The van der Waals surface area contributed by atoms with Crippen LogP contribution in [0, 0.1) is 0 Å². The third-order valence-corrected chi connectivity index (χ3v) is 3.40. The number of nitrogens with zero attached hydrogens (tertiary/aromatic N) is 1. The molecule has 1 rings (SSSR count). The minimum Gasteiger partial charge on any atom is -0.508 e. The third kappa shape index (κ3) is 6.06. The monoisotopic (exact) mass is 293 g/mol. The van der Waals surface area contributed by atoms with Gasteiger partial charge in [-0.15, -0.1) is 0 Å². The normalized spacial score (nSPS) is 12.8. The van der Waals surface area contributed by atoms with E-state index in [0.717, 1.165) is 24.8 Å². The van der Waals surface area contributed by atoms with E-state index in [0.29, 0.717) is 5.75 Å². The molecule has 1 unspecified atom stereocenters. The van der Waals surface area contributed by atoms with E-state index in [9.17, 15) is 9.90 Å². The predicted octanol–water partition coefficient (Wildman–Crippen LogP) is 3.97. The fourth-order valence-corrected chi connectivity index (χ4v) is 2.02. The number of carbonyl (C=O) groups excluding carboxylic acids is 1. The highest BCUT2D eigenvalue weighted by Gasteiger charge is 2.22. The first-order valence-corrected chi connectivity index (χ1v) is 7.43. The first-order chi connectivity index (χ1) is 9.70. The molecule has 0 aromatic heterocycles. The summed E-state index contributed by atoms with van der Waals surface area (Å²) in [6.07, 6.45) is 2.28. The molecule has 4 heteroatoms. The Morgan fingerprint density at radius 3 is 2.52 bits per heavy atom. The van der Waals surface area contributed by atoms with Gasteiger partial charge in [-0.3, -0.25) is 0 Å². The number of carbonyl (C=O) groups is 1. The Morgan fingerprint density at radius 1 is 1.33 bits per heavy atom. The van der Waals surface area contributed by atoms with Crippen LogP contribution in [0.2, 0.25) is 0 Å². The topological polar surface area (TPSA) is 49.8 Å². The molecule has 1 amide bonds. The van der Waals surface area contributed by atoms with Crippen molar-refractivity contribution in [1.29, 1.82) is 0 Å². The van der Waals surface area contributed by atoms with E-state index in [1.807, 2.05) is 45.9 Å². The van der Waals surface area contributed by atoms with Crippen molar-refractivity contribution in [3.63, 3.8) is 0 Å². The van der Waals surface area contributed by atoms with E-state index < -0.39 is 5.60 Å². The molecule has 118 valence electrons. The number of aromatic hydroxyl groups is 1. The van der Waals surface area contributed by atoms with Crippen LogP contribution in [0.15, 0.2) is 24.3 Å². The van der Waals surface area contributed by atoms with E-state index >= 15 is 0 Å².